The van der Waals surface area contributed by atoms with Crippen LogP contribution in [0, 0.1) is 5.82 Å². The van der Waals surface area contributed by atoms with E-state index in [2.05, 4.69) is 22.1 Å². The van der Waals surface area contributed by atoms with Gasteiger partial charge in [0, 0.05) is 18.3 Å². The van der Waals surface area contributed by atoms with Gasteiger partial charge in [-0.1, -0.05) is 17.8 Å². The topological polar surface area (TPSA) is 87.5 Å². The number of nitrogens with zero attached hydrogens (tertiary/aromatic N) is 3. The van der Waals surface area contributed by atoms with Crippen LogP contribution in [0.4, 0.5) is 10.1 Å². The number of halogens is 1. The van der Waals surface area contributed by atoms with Crippen LogP contribution >= 0.6 is 11.8 Å². The second-order valence-electron chi connectivity index (χ2n) is 6.86. The minimum absolute atomic E-state index is 0.136. The average molecular weight is 456 g/mol. The first-order valence-electron chi connectivity index (χ1n) is 9.82. The Balaban J connectivity index is 1.39. The van der Waals surface area contributed by atoms with Crippen LogP contribution in [0.1, 0.15) is 18.9 Å². The number of benzene rings is 2. The third-order valence-electron chi connectivity index (χ3n) is 4.54. The number of amides is 1. The fourth-order valence-electron chi connectivity index (χ4n) is 3.08. The molecule has 2 heterocycles. The lowest BCUT2D eigenvalue weighted by atomic mass is 10.3. The van der Waals surface area contributed by atoms with Crippen molar-refractivity contribution in [3.8, 4) is 17.2 Å². The molecule has 0 fully saturated rings. The van der Waals surface area contributed by atoms with Gasteiger partial charge in [-0.2, -0.15) is 0 Å². The number of aromatic nitrogens is 3. The van der Waals surface area contributed by atoms with Crippen molar-refractivity contribution in [1.82, 2.24) is 14.8 Å². The number of hydrogen-bond acceptors (Lipinski definition) is 7. The Bertz CT molecular complexity index is 1120. The van der Waals surface area contributed by atoms with E-state index in [1.54, 1.807) is 36.4 Å². The van der Waals surface area contributed by atoms with Gasteiger partial charge < -0.3 is 19.5 Å². The Morgan fingerprint density at radius 3 is 2.84 bits per heavy atom. The first-order chi connectivity index (χ1) is 15.5. The zero-order valence-corrected chi connectivity index (χ0v) is 18.1. The van der Waals surface area contributed by atoms with Gasteiger partial charge in [0.2, 0.25) is 12.7 Å². The summed E-state index contributed by atoms with van der Waals surface area (Å²) in [5.41, 5.74) is 0.620. The molecule has 1 N–H and O–H groups in total. The molecule has 0 saturated heterocycles. The quantitative estimate of drug-likeness (QED) is 0.381. The third kappa shape index (κ3) is 5.02. The van der Waals surface area contributed by atoms with E-state index in [1.165, 1.54) is 23.9 Å². The number of fused-ring (bicyclic) bond motifs is 1. The lowest BCUT2D eigenvalue weighted by molar-refractivity contribution is -0.113. The van der Waals surface area contributed by atoms with Gasteiger partial charge in [-0.05, 0) is 43.3 Å². The highest BCUT2D eigenvalue weighted by molar-refractivity contribution is 7.99. The number of hydrogen-bond donors (Lipinski definition) is 1. The summed E-state index contributed by atoms with van der Waals surface area (Å²) >= 11 is 1.25. The molecular formula is C22H21FN4O4S. The molecular weight excluding hydrogens is 435 g/mol. The van der Waals surface area contributed by atoms with Crippen LogP contribution in [0.25, 0.3) is 0 Å². The number of allylic oxidation sites excluding steroid dienone is 1. The molecule has 8 nitrogen and oxygen atoms in total. The van der Waals surface area contributed by atoms with Crippen molar-refractivity contribution in [3.63, 3.8) is 0 Å². The van der Waals surface area contributed by atoms with Crippen LogP contribution in [-0.2, 0) is 11.3 Å². The van der Waals surface area contributed by atoms with Crippen molar-refractivity contribution in [1.29, 1.82) is 0 Å². The van der Waals surface area contributed by atoms with E-state index in [1.807, 2.05) is 11.5 Å². The summed E-state index contributed by atoms with van der Waals surface area (Å²) in [7, 11) is 0. The molecule has 0 saturated carbocycles. The van der Waals surface area contributed by atoms with Gasteiger partial charge >= 0.3 is 0 Å². The van der Waals surface area contributed by atoms with E-state index < -0.39 is 6.10 Å². The molecule has 32 heavy (non-hydrogen) atoms. The van der Waals surface area contributed by atoms with Gasteiger partial charge in [0.25, 0.3) is 0 Å². The van der Waals surface area contributed by atoms with E-state index in [9.17, 15) is 9.18 Å². The maximum Gasteiger partial charge on any atom is 0.234 e. The molecule has 0 radical (unpaired) electrons. The Kier molecular flexibility index (Phi) is 6.60. The molecule has 166 valence electrons. The lowest BCUT2D eigenvalue weighted by Crippen LogP contribution is -2.15. The highest BCUT2D eigenvalue weighted by atomic mass is 32.2. The smallest absolute Gasteiger partial charge is 0.234 e. The molecule has 0 aliphatic carbocycles. The minimum Gasteiger partial charge on any atom is -0.483 e. The van der Waals surface area contributed by atoms with Crippen LogP contribution in [0.5, 0.6) is 17.2 Å². The predicted molar refractivity (Wildman–Crippen MR) is 118 cm³/mol. The van der Waals surface area contributed by atoms with Crippen molar-refractivity contribution in [2.75, 3.05) is 17.9 Å². The van der Waals surface area contributed by atoms with Crippen LogP contribution in [0.15, 0.2) is 60.3 Å². The Hall–Kier alpha value is -3.53. The molecule has 1 aliphatic rings. The van der Waals surface area contributed by atoms with E-state index in [0.717, 1.165) is 0 Å². The number of carbonyl (C=O) groups is 1. The van der Waals surface area contributed by atoms with Gasteiger partial charge in [-0.3, -0.25) is 9.36 Å². The zero-order chi connectivity index (χ0) is 22.5. The lowest BCUT2D eigenvalue weighted by Gasteiger charge is -2.15. The normalized spacial score (nSPS) is 12.9. The molecule has 1 amide bonds. The molecule has 3 aromatic rings. The molecule has 4 rings (SSSR count). The number of anilines is 1. The Labute approximate surface area is 188 Å². The molecule has 10 heteroatoms. The van der Waals surface area contributed by atoms with E-state index in [4.69, 9.17) is 14.2 Å². The second-order valence-corrected chi connectivity index (χ2v) is 7.80. The molecule has 1 aromatic heterocycles. The minimum atomic E-state index is -0.440. The molecule has 0 spiro atoms. The fourth-order valence-corrected chi connectivity index (χ4v) is 3.83. The van der Waals surface area contributed by atoms with Crippen molar-refractivity contribution >= 4 is 23.4 Å². The molecule has 1 unspecified atom stereocenters. The highest BCUT2D eigenvalue weighted by Crippen LogP contribution is 2.34. The number of ether oxygens (including phenoxy) is 3. The largest absolute Gasteiger partial charge is 0.483 e. The summed E-state index contributed by atoms with van der Waals surface area (Å²) in [5.74, 6) is 1.95. The van der Waals surface area contributed by atoms with Crippen LogP contribution in [-0.4, -0.2) is 33.2 Å². The Morgan fingerprint density at radius 1 is 1.28 bits per heavy atom. The van der Waals surface area contributed by atoms with Gasteiger partial charge in [-0.25, -0.2) is 4.39 Å². The number of rotatable bonds is 9. The summed E-state index contributed by atoms with van der Waals surface area (Å²) in [6.45, 7) is 6.23. The van der Waals surface area contributed by atoms with Crippen LogP contribution in [0.3, 0.4) is 0 Å². The fraction of sp³-hybridized carbons (Fsp3) is 0.227. The number of thioether (sulfide) groups is 1. The monoisotopic (exact) mass is 456 g/mol. The van der Waals surface area contributed by atoms with Crippen LogP contribution < -0.4 is 19.5 Å². The van der Waals surface area contributed by atoms with Crippen molar-refractivity contribution in [2.24, 2.45) is 0 Å². The van der Waals surface area contributed by atoms with E-state index >= 15 is 0 Å². The first kappa shape index (κ1) is 21.7. The van der Waals surface area contributed by atoms with Gasteiger partial charge in [0.05, 0.1) is 5.75 Å². The standard InChI is InChI=1S/C22H21FN4O4S/c1-3-10-27-21(14(2)31-17-7-4-15(23)5-8-17)25-26-22(27)32-12-20(28)24-16-6-9-18-19(11-16)30-13-29-18/h3-9,11,14H,1,10,12-13H2,2H3,(H,24,28). The maximum absolute atomic E-state index is 13.1. The Morgan fingerprint density at radius 2 is 2.06 bits per heavy atom. The van der Waals surface area contributed by atoms with E-state index in [0.29, 0.717) is 40.5 Å². The first-order valence-corrected chi connectivity index (χ1v) is 10.8. The van der Waals surface area contributed by atoms with Gasteiger partial charge in [0.1, 0.15) is 11.6 Å². The number of nitrogens with one attached hydrogen (secondary N) is 1. The van der Waals surface area contributed by atoms with Crippen molar-refractivity contribution < 1.29 is 23.4 Å². The molecule has 2 aromatic carbocycles. The summed E-state index contributed by atoms with van der Waals surface area (Å²) in [5, 5.41) is 11.8. The third-order valence-corrected chi connectivity index (χ3v) is 5.50. The molecule has 1 aliphatic heterocycles. The predicted octanol–water partition coefficient (Wildman–Crippen LogP) is 4.20. The van der Waals surface area contributed by atoms with Crippen molar-refractivity contribution in [3.05, 3.63) is 66.8 Å². The highest BCUT2D eigenvalue weighted by Gasteiger charge is 2.20. The van der Waals surface area contributed by atoms with Crippen molar-refractivity contribution in [2.45, 2.75) is 24.7 Å². The SMILES string of the molecule is C=CCn1c(SCC(=O)Nc2ccc3c(c2)OCO3)nnc1C(C)Oc1ccc(F)cc1. The van der Waals surface area contributed by atoms with E-state index in [-0.39, 0.29) is 24.3 Å². The summed E-state index contributed by atoms with van der Waals surface area (Å²) in [6.07, 6.45) is 1.28. The molecule has 1 atom stereocenters. The molecule has 0 bridgehead atoms. The van der Waals surface area contributed by atoms with Gasteiger partial charge in [-0.15, -0.1) is 16.8 Å². The number of carbonyl (C=O) groups excluding carboxylic acids is 1. The average Bonchev–Trinajstić information content (AvgIpc) is 3.41. The van der Waals surface area contributed by atoms with Crippen LogP contribution in [0.2, 0.25) is 0 Å². The summed E-state index contributed by atoms with van der Waals surface area (Å²) < 4.78 is 31.4. The second kappa shape index (κ2) is 9.73. The summed E-state index contributed by atoms with van der Waals surface area (Å²) in [4.78, 5) is 12.4. The summed E-state index contributed by atoms with van der Waals surface area (Å²) in [6, 6.07) is 11.0. The zero-order valence-electron chi connectivity index (χ0n) is 17.3. The maximum atomic E-state index is 13.1. The van der Waals surface area contributed by atoms with Gasteiger partial charge in [0.15, 0.2) is 28.6 Å².